The number of benzene rings is 1. The smallest absolute Gasteiger partial charge is 0.201 e. The molecule has 0 amide bonds. The maximum absolute atomic E-state index is 7.13. The fourth-order valence-corrected chi connectivity index (χ4v) is 12.4. The Balaban J connectivity index is 0.981. The first-order valence-electron chi connectivity index (χ1n) is 20.5. The number of rotatable bonds is 8. The Hall–Kier alpha value is -1.14. The van der Waals surface area contributed by atoms with E-state index < -0.39 is 35.4 Å². The Kier molecular flexibility index (Phi) is 9.05. The van der Waals surface area contributed by atoms with Gasteiger partial charge in [-0.3, -0.25) is 0 Å². The zero-order valence-electron chi connectivity index (χ0n) is 32.0. The zero-order valence-corrected chi connectivity index (χ0v) is 32.0. The van der Waals surface area contributed by atoms with E-state index in [4.69, 9.17) is 43.2 Å². The average molecular weight is 711 g/mol. The Morgan fingerprint density at radius 1 is 0.647 bits per heavy atom. The van der Waals surface area contributed by atoms with Crippen LogP contribution in [0, 0.1) is 60.2 Å². The van der Waals surface area contributed by atoms with Crippen molar-refractivity contribution >= 4 is 0 Å². The molecule has 1 aromatic carbocycles. The van der Waals surface area contributed by atoms with Crippen LogP contribution in [0.15, 0.2) is 24.3 Å². The first kappa shape index (κ1) is 35.6. The molecule has 10 fully saturated rings. The summed E-state index contributed by atoms with van der Waals surface area (Å²) in [6, 6.07) is 8.66. The third-order valence-corrected chi connectivity index (χ3v) is 15.5. The van der Waals surface area contributed by atoms with Gasteiger partial charge in [0.05, 0.1) is 25.4 Å². The standard InChI is InChI=1S/C42H62O9/c1-24-8-12-29(13-9-24)22-43-23-30(20-35-27(4)33-14-10-25(2)31-16-18-39(6)46-37(44-35)41(31,33)50-48-39)21-36-28(5)34-15-11-26(3)32-17-19-40(7)47-38(45-36)42(32,34)51-49-40/h8-9,12-13,25-28,30-38H,10-11,14-23H2,1-7H3/t25-,26-,27-,28-,31+,32+,33+,34+,35-,36-,37-,38-,39-,40-,41-,42-/m1/s1. The highest BCUT2D eigenvalue weighted by atomic mass is 17.3. The highest BCUT2D eigenvalue weighted by Gasteiger charge is 2.71. The summed E-state index contributed by atoms with van der Waals surface area (Å²) in [5.41, 5.74) is 1.34. The van der Waals surface area contributed by atoms with Crippen LogP contribution in [-0.2, 0) is 49.8 Å². The molecule has 2 spiro atoms. The fourth-order valence-electron chi connectivity index (χ4n) is 12.4. The molecule has 4 bridgehead atoms. The van der Waals surface area contributed by atoms with Crippen molar-refractivity contribution in [2.45, 2.75) is 167 Å². The predicted octanol–water partition coefficient (Wildman–Crippen LogP) is 8.41. The largest absolute Gasteiger partial charge is 0.376 e. The number of ether oxygens (including phenoxy) is 5. The van der Waals surface area contributed by atoms with Crippen LogP contribution in [0.2, 0.25) is 0 Å². The van der Waals surface area contributed by atoms with Crippen molar-refractivity contribution in [3.05, 3.63) is 35.4 Å². The third-order valence-electron chi connectivity index (χ3n) is 15.5. The van der Waals surface area contributed by atoms with Crippen LogP contribution in [0.4, 0.5) is 0 Å². The van der Waals surface area contributed by atoms with Gasteiger partial charge in [-0.25, -0.2) is 19.6 Å². The minimum Gasteiger partial charge on any atom is -0.376 e. The van der Waals surface area contributed by atoms with Crippen molar-refractivity contribution in [3.8, 4) is 0 Å². The number of aryl methyl sites for hydroxylation is 1. The second-order valence-corrected chi connectivity index (χ2v) is 18.7. The van der Waals surface area contributed by atoms with Crippen LogP contribution in [0.3, 0.4) is 0 Å². The van der Waals surface area contributed by atoms with E-state index in [9.17, 15) is 0 Å². The SMILES string of the molecule is Cc1ccc(COCC(C[C@H]2O[C@@H]3O[C@@]4(C)CC[C@H]5[C@H](C)CC[C@@H]([C@H]2C)[C@@]35OO4)C[C@H]2O[C@@H]3O[C@@]4(C)CC[C@H]5[C@H](C)CC[C@@H]([C@H]2C)[C@@]35OO4)cc1. The molecule has 10 aliphatic rings. The molecule has 2 aliphatic carbocycles. The molecular formula is C42H62O9. The molecule has 8 aliphatic heterocycles. The minimum absolute atomic E-state index is 0.00476. The highest BCUT2D eigenvalue weighted by Crippen LogP contribution is 2.63. The maximum Gasteiger partial charge on any atom is 0.201 e. The summed E-state index contributed by atoms with van der Waals surface area (Å²) in [4.78, 5) is 25.2. The van der Waals surface area contributed by atoms with Crippen LogP contribution in [0.25, 0.3) is 0 Å². The van der Waals surface area contributed by atoms with E-state index in [-0.39, 0.29) is 30.0 Å². The van der Waals surface area contributed by atoms with Gasteiger partial charge in [0.1, 0.15) is 0 Å². The van der Waals surface area contributed by atoms with Gasteiger partial charge in [0.25, 0.3) is 0 Å². The summed E-state index contributed by atoms with van der Waals surface area (Å²) < 4.78 is 34.3. The van der Waals surface area contributed by atoms with Gasteiger partial charge in [0.15, 0.2) is 23.8 Å². The van der Waals surface area contributed by atoms with Gasteiger partial charge in [-0.15, -0.1) is 0 Å². The molecular weight excluding hydrogens is 648 g/mol. The quantitative estimate of drug-likeness (QED) is 0.247. The molecule has 1 aromatic rings. The Morgan fingerprint density at radius 3 is 1.63 bits per heavy atom. The molecule has 0 unspecified atom stereocenters. The van der Waals surface area contributed by atoms with Crippen molar-refractivity contribution in [3.63, 3.8) is 0 Å². The van der Waals surface area contributed by atoms with E-state index in [2.05, 4.69) is 58.9 Å². The number of hydrogen-bond acceptors (Lipinski definition) is 9. The molecule has 284 valence electrons. The molecule has 8 heterocycles. The van der Waals surface area contributed by atoms with Gasteiger partial charge in [0.2, 0.25) is 11.6 Å². The van der Waals surface area contributed by atoms with Gasteiger partial charge in [-0.2, -0.15) is 0 Å². The fraction of sp³-hybridized carbons (Fsp3) is 0.857. The normalized spacial score (nSPS) is 51.5. The summed E-state index contributed by atoms with van der Waals surface area (Å²) in [5.74, 6) is 1.62. The summed E-state index contributed by atoms with van der Waals surface area (Å²) in [5, 5.41) is 0. The lowest BCUT2D eigenvalue weighted by Crippen LogP contribution is -2.70. The van der Waals surface area contributed by atoms with Crippen LogP contribution >= 0.6 is 0 Å². The molecule has 9 heteroatoms. The molecule has 9 nitrogen and oxygen atoms in total. The van der Waals surface area contributed by atoms with Crippen LogP contribution in [0.1, 0.15) is 117 Å². The van der Waals surface area contributed by atoms with Gasteiger partial charge in [-0.1, -0.05) is 57.5 Å². The molecule has 0 aromatic heterocycles. The second-order valence-electron chi connectivity index (χ2n) is 18.7. The summed E-state index contributed by atoms with van der Waals surface area (Å²) >= 11 is 0. The van der Waals surface area contributed by atoms with E-state index in [1.54, 1.807) is 0 Å². The maximum atomic E-state index is 7.13. The zero-order chi connectivity index (χ0) is 35.3. The van der Waals surface area contributed by atoms with Gasteiger partial charge in [0, 0.05) is 24.7 Å². The van der Waals surface area contributed by atoms with Crippen LogP contribution < -0.4 is 0 Å². The topological polar surface area (TPSA) is 83.1 Å². The molecule has 8 saturated heterocycles. The van der Waals surface area contributed by atoms with E-state index in [0.29, 0.717) is 48.7 Å². The van der Waals surface area contributed by atoms with E-state index in [1.807, 2.05) is 13.8 Å². The summed E-state index contributed by atoms with van der Waals surface area (Å²) in [7, 11) is 0. The highest BCUT2D eigenvalue weighted by molar-refractivity contribution is 5.20. The van der Waals surface area contributed by atoms with Crippen molar-refractivity contribution in [1.82, 2.24) is 0 Å². The molecule has 11 rings (SSSR count). The monoisotopic (exact) mass is 710 g/mol. The van der Waals surface area contributed by atoms with Gasteiger partial charge < -0.3 is 23.7 Å². The first-order valence-corrected chi connectivity index (χ1v) is 20.5. The third kappa shape index (κ3) is 5.73. The van der Waals surface area contributed by atoms with E-state index in [0.717, 1.165) is 51.4 Å². The van der Waals surface area contributed by atoms with Crippen molar-refractivity contribution in [2.75, 3.05) is 6.61 Å². The summed E-state index contributed by atoms with van der Waals surface area (Å²) in [6.45, 7) is 16.9. The first-order chi connectivity index (χ1) is 24.4. The second kappa shape index (κ2) is 13.0. The molecule has 51 heavy (non-hydrogen) atoms. The van der Waals surface area contributed by atoms with E-state index >= 15 is 0 Å². The van der Waals surface area contributed by atoms with E-state index in [1.165, 1.54) is 24.0 Å². The minimum atomic E-state index is -0.781. The molecule has 0 radical (unpaired) electrons. The lowest BCUT2D eigenvalue weighted by molar-refractivity contribution is -0.571. The molecule has 2 saturated carbocycles. The van der Waals surface area contributed by atoms with Crippen molar-refractivity contribution < 1.29 is 43.2 Å². The predicted molar refractivity (Wildman–Crippen MR) is 187 cm³/mol. The van der Waals surface area contributed by atoms with Crippen molar-refractivity contribution in [2.24, 2.45) is 53.3 Å². The Bertz CT molecular complexity index is 1340. The lowest BCUT2D eigenvalue weighted by Gasteiger charge is -2.61. The average Bonchev–Trinajstić information content (AvgIpc) is 3.48. The Labute approximate surface area is 304 Å². The van der Waals surface area contributed by atoms with Crippen molar-refractivity contribution in [1.29, 1.82) is 0 Å². The van der Waals surface area contributed by atoms with Crippen LogP contribution in [0.5, 0.6) is 0 Å². The molecule has 16 atom stereocenters. The van der Waals surface area contributed by atoms with Crippen LogP contribution in [-0.4, -0.2) is 54.2 Å². The Morgan fingerprint density at radius 2 is 1.14 bits per heavy atom. The molecule has 0 N–H and O–H groups in total. The summed E-state index contributed by atoms with van der Waals surface area (Å²) in [6.07, 6.45) is 9.17. The number of hydrogen-bond donors (Lipinski definition) is 0. The lowest BCUT2D eigenvalue weighted by atomic mass is 9.56. The van der Waals surface area contributed by atoms with Gasteiger partial charge in [-0.05, 0) is 119 Å². The van der Waals surface area contributed by atoms with Gasteiger partial charge >= 0.3 is 0 Å². The number of fused-ring (bicyclic) bond motifs is 4.